The summed E-state index contributed by atoms with van der Waals surface area (Å²) in [7, 11) is 0. The molecular weight excluding hydrogens is 253 g/mol. The van der Waals surface area contributed by atoms with Crippen LogP contribution >= 0.6 is 11.8 Å². The second-order valence-electron chi connectivity index (χ2n) is 3.55. The van der Waals surface area contributed by atoms with E-state index < -0.39 is 5.82 Å². The van der Waals surface area contributed by atoms with E-state index in [1.54, 1.807) is 25.1 Å². The molecule has 0 spiro atoms. The number of aromatic nitrogens is 3. The van der Waals surface area contributed by atoms with Gasteiger partial charge in [-0.2, -0.15) is 5.26 Å². The summed E-state index contributed by atoms with van der Waals surface area (Å²) in [5.41, 5.74) is 0.281. The normalized spacial score (nSPS) is 12.1. The molecule has 0 saturated heterocycles. The summed E-state index contributed by atoms with van der Waals surface area (Å²) in [6.45, 7) is 1.72. The fourth-order valence-electron chi connectivity index (χ4n) is 1.37. The molecule has 0 aliphatic rings. The van der Waals surface area contributed by atoms with Crippen LogP contribution in [0.3, 0.4) is 0 Å². The number of nitrogens with two attached hydrogens (primary N) is 1. The molecule has 92 valence electrons. The van der Waals surface area contributed by atoms with Crippen LogP contribution in [0.1, 0.15) is 6.92 Å². The number of benzene rings is 1. The van der Waals surface area contributed by atoms with Gasteiger partial charge in [-0.05, 0) is 19.1 Å². The maximum atomic E-state index is 13.6. The second-order valence-corrected chi connectivity index (χ2v) is 4.85. The molecule has 0 radical (unpaired) electrons. The summed E-state index contributed by atoms with van der Waals surface area (Å²) in [6.07, 6.45) is 0. The highest BCUT2D eigenvalue weighted by Crippen LogP contribution is 2.25. The minimum Gasteiger partial charge on any atom is -0.335 e. The summed E-state index contributed by atoms with van der Waals surface area (Å²) in [4.78, 5) is 0. The van der Waals surface area contributed by atoms with Gasteiger partial charge in [0, 0.05) is 0 Å². The van der Waals surface area contributed by atoms with E-state index in [-0.39, 0.29) is 16.6 Å². The van der Waals surface area contributed by atoms with Gasteiger partial charge in [0.05, 0.1) is 16.9 Å². The minimum absolute atomic E-state index is 0.237. The van der Waals surface area contributed by atoms with E-state index in [0.29, 0.717) is 5.16 Å². The average Bonchev–Trinajstić information content (AvgIpc) is 2.72. The SMILES string of the molecule is CC(C#N)Sc1nnc(-c2ccccc2F)n1N. The predicted molar refractivity (Wildman–Crippen MR) is 66.5 cm³/mol. The van der Waals surface area contributed by atoms with Crippen LogP contribution in [-0.2, 0) is 0 Å². The first-order chi connectivity index (χ1) is 8.63. The van der Waals surface area contributed by atoms with Crippen molar-refractivity contribution in [2.24, 2.45) is 0 Å². The van der Waals surface area contributed by atoms with Gasteiger partial charge in [0.15, 0.2) is 5.82 Å². The van der Waals surface area contributed by atoms with Gasteiger partial charge in [-0.25, -0.2) is 9.07 Å². The molecule has 0 amide bonds. The van der Waals surface area contributed by atoms with E-state index in [1.165, 1.54) is 22.5 Å². The lowest BCUT2D eigenvalue weighted by Gasteiger charge is -2.04. The molecule has 1 heterocycles. The Morgan fingerprint density at radius 2 is 2.17 bits per heavy atom. The monoisotopic (exact) mass is 263 g/mol. The Labute approximate surface area is 107 Å². The number of hydrogen-bond donors (Lipinski definition) is 1. The van der Waals surface area contributed by atoms with Crippen LogP contribution in [-0.4, -0.2) is 20.1 Å². The van der Waals surface area contributed by atoms with Crippen molar-refractivity contribution >= 4 is 11.8 Å². The van der Waals surface area contributed by atoms with Gasteiger partial charge in [0.25, 0.3) is 0 Å². The molecule has 1 unspecified atom stereocenters. The molecule has 0 aliphatic heterocycles. The van der Waals surface area contributed by atoms with Crippen molar-refractivity contribution in [1.82, 2.24) is 14.9 Å². The summed E-state index contributed by atoms with van der Waals surface area (Å²) in [5.74, 6) is 5.62. The number of hydrogen-bond acceptors (Lipinski definition) is 5. The van der Waals surface area contributed by atoms with Crippen molar-refractivity contribution in [2.45, 2.75) is 17.3 Å². The number of halogens is 1. The molecule has 0 bridgehead atoms. The molecule has 1 atom stereocenters. The fourth-order valence-corrected chi connectivity index (χ4v) is 2.03. The number of rotatable bonds is 3. The van der Waals surface area contributed by atoms with Gasteiger partial charge in [-0.15, -0.1) is 10.2 Å². The lowest BCUT2D eigenvalue weighted by molar-refractivity contribution is 0.629. The van der Waals surface area contributed by atoms with E-state index >= 15 is 0 Å². The zero-order valence-corrected chi connectivity index (χ0v) is 10.4. The Bertz CT molecular complexity index is 604. The van der Waals surface area contributed by atoms with Crippen molar-refractivity contribution in [2.75, 3.05) is 5.84 Å². The highest BCUT2D eigenvalue weighted by Gasteiger charge is 2.16. The van der Waals surface area contributed by atoms with E-state index in [9.17, 15) is 4.39 Å². The minimum atomic E-state index is -0.415. The third-order valence-electron chi connectivity index (χ3n) is 2.24. The van der Waals surface area contributed by atoms with Crippen LogP contribution in [0.15, 0.2) is 29.4 Å². The largest absolute Gasteiger partial charge is 0.335 e. The van der Waals surface area contributed by atoms with E-state index in [4.69, 9.17) is 11.1 Å². The predicted octanol–water partition coefficient (Wildman–Crippen LogP) is 1.80. The fraction of sp³-hybridized carbons (Fsp3) is 0.182. The van der Waals surface area contributed by atoms with Gasteiger partial charge >= 0.3 is 0 Å². The van der Waals surface area contributed by atoms with Crippen LogP contribution in [0, 0.1) is 17.1 Å². The molecule has 2 N–H and O–H groups in total. The molecule has 5 nitrogen and oxygen atoms in total. The zero-order chi connectivity index (χ0) is 13.1. The van der Waals surface area contributed by atoms with Crippen molar-refractivity contribution in [1.29, 1.82) is 5.26 Å². The summed E-state index contributed by atoms with van der Waals surface area (Å²) >= 11 is 1.17. The Balaban J connectivity index is 2.38. The number of nitrogens with zero attached hydrogens (tertiary/aromatic N) is 4. The molecule has 0 saturated carbocycles. The third kappa shape index (κ3) is 2.28. The van der Waals surface area contributed by atoms with Crippen LogP contribution in [0.25, 0.3) is 11.4 Å². The van der Waals surface area contributed by atoms with Gasteiger partial charge in [0.2, 0.25) is 5.16 Å². The summed E-state index contributed by atoms with van der Waals surface area (Å²) in [5, 5.41) is 16.5. The Hall–Kier alpha value is -2.07. The lowest BCUT2D eigenvalue weighted by Crippen LogP contribution is -2.13. The maximum Gasteiger partial charge on any atom is 0.211 e. The summed E-state index contributed by atoms with van der Waals surface area (Å²) < 4.78 is 14.8. The van der Waals surface area contributed by atoms with E-state index in [1.807, 2.05) is 0 Å². The number of nitrogen functional groups attached to an aromatic ring is 1. The van der Waals surface area contributed by atoms with E-state index in [2.05, 4.69) is 16.3 Å². The first-order valence-electron chi connectivity index (χ1n) is 5.15. The van der Waals surface area contributed by atoms with Crippen molar-refractivity contribution in [3.63, 3.8) is 0 Å². The maximum absolute atomic E-state index is 13.6. The quantitative estimate of drug-likeness (QED) is 0.674. The van der Waals surface area contributed by atoms with Crippen LogP contribution in [0.4, 0.5) is 4.39 Å². The highest BCUT2D eigenvalue weighted by atomic mass is 32.2. The molecule has 1 aromatic heterocycles. The molecule has 0 aliphatic carbocycles. The molecule has 1 aromatic carbocycles. The smallest absolute Gasteiger partial charge is 0.211 e. The molecule has 2 rings (SSSR count). The number of nitriles is 1. The molecular formula is C11H10FN5S. The van der Waals surface area contributed by atoms with Gasteiger partial charge in [-0.1, -0.05) is 23.9 Å². The van der Waals surface area contributed by atoms with E-state index in [0.717, 1.165) is 0 Å². The second kappa shape index (κ2) is 5.06. The molecule has 18 heavy (non-hydrogen) atoms. The highest BCUT2D eigenvalue weighted by molar-refractivity contribution is 8.00. The van der Waals surface area contributed by atoms with Crippen LogP contribution < -0.4 is 5.84 Å². The lowest BCUT2D eigenvalue weighted by atomic mass is 10.2. The Morgan fingerprint density at radius 1 is 1.44 bits per heavy atom. The van der Waals surface area contributed by atoms with Gasteiger partial charge in [0.1, 0.15) is 5.82 Å². The first kappa shape index (κ1) is 12.4. The van der Waals surface area contributed by atoms with Crippen molar-refractivity contribution in [3.05, 3.63) is 30.1 Å². The average molecular weight is 263 g/mol. The molecule has 7 heteroatoms. The molecule has 0 fully saturated rings. The van der Waals surface area contributed by atoms with Crippen molar-refractivity contribution in [3.8, 4) is 17.5 Å². The molecule has 2 aromatic rings. The topological polar surface area (TPSA) is 80.5 Å². The van der Waals surface area contributed by atoms with Crippen LogP contribution in [0.2, 0.25) is 0 Å². The van der Waals surface area contributed by atoms with Gasteiger partial charge < -0.3 is 5.84 Å². The Kier molecular flexibility index (Phi) is 3.48. The first-order valence-corrected chi connectivity index (χ1v) is 6.03. The standard InChI is InChI=1S/C11H10FN5S/c1-7(6-13)18-11-16-15-10(17(11)14)8-4-2-3-5-9(8)12/h2-5,7H,14H2,1H3. The third-order valence-corrected chi connectivity index (χ3v) is 3.19. The number of thioether (sulfide) groups is 1. The van der Waals surface area contributed by atoms with Gasteiger partial charge in [-0.3, -0.25) is 0 Å². The summed E-state index contributed by atoms with van der Waals surface area (Å²) in [6, 6.07) is 8.23. The zero-order valence-electron chi connectivity index (χ0n) is 9.54. The van der Waals surface area contributed by atoms with Crippen molar-refractivity contribution < 1.29 is 4.39 Å². The Morgan fingerprint density at radius 3 is 2.83 bits per heavy atom. The van der Waals surface area contributed by atoms with Crippen LogP contribution in [0.5, 0.6) is 0 Å².